The van der Waals surface area contributed by atoms with E-state index in [4.69, 9.17) is 5.26 Å². The lowest BCUT2D eigenvalue weighted by molar-refractivity contribution is -0.122. The van der Waals surface area contributed by atoms with E-state index in [1.54, 1.807) is 12.1 Å². The van der Waals surface area contributed by atoms with Crippen LogP contribution in [-0.4, -0.2) is 17.4 Å². The smallest absolute Gasteiger partial charge is 0.220 e. The Morgan fingerprint density at radius 1 is 1.45 bits per heavy atom. The molecule has 2 rings (SSSR count). The number of halogens is 1. The molecule has 1 fully saturated rings. The van der Waals surface area contributed by atoms with Gasteiger partial charge < -0.3 is 5.32 Å². The maximum absolute atomic E-state index is 13.6. The number of nitrogens with zero attached hydrogens (tertiary/aromatic N) is 1. The average molecular weight is 292 g/mol. The van der Waals surface area contributed by atoms with Crippen molar-refractivity contribution in [3.63, 3.8) is 0 Å². The minimum Gasteiger partial charge on any atom is -0.352 e. The van der Waals surface area contributed by atoms with Crippen LogP contribution in [0.4, 0.5) is 4.39 Å². The third-order valence-electron chi connectivity index (χ3n) is 3.47. The van der Waals surface area contributed by atoms with E-state index in [2.05, 4.69) is 5.32 Å². The molecule has 0 spiro atoms. The Kier molecular flexibility index (Phi) is 5.42. The van der Waals surface area contributed by atoms with Crippen LogP contribution in [0.3, 0.4) is 0 Å². The van der Waals surface area contributed by atoms with Crippen molar-refractivity contribution >= 4 is 17.7 Å². The number of hydrogen-bond acceptors (Lipinski definition) is 3. The van der Waals surface area contributed by atoms with Crippen molar-refractivity contribution in [3.8, 4) is 6.07 Å². The predicted octanol–water partition coefficient (Wildman–Crippen LogP) is 2.85. The van der Waals surface area contributed by atoms with E-state index < -0.39 is 5.82 Å². The number of carbonyl (C=O) groups excluding carboxylic acids is 1. The van der Waals surface area contributed by atoms with Crippen LogP contribution >= 0.6 is 11.8 Å². The molecule has 3 nitrogen and oxygen atoms in total. The standard InChI is InChI=1S/C15H17FN2OS/c16-14-7-12(9-17)1-2-13(14)10-18-15(19)8-11-3-5-20-6-4-11/h1-2,7,11H,3-6,8,10H2,(H,18,19). The zero-order chi connectivity index (χ0) is 14.4. The van der Waals surface area contributed by atoms with Gasteiger partial charge >= 0.3 is 0 Å². The zero-order valence-corrected chi connectivity index (χ0v) is 12.0. The van der Waals surface area contributed by atoms with E-state index in [9.17, 15) is 9.18 Å². The fourth-order valence-corrected chi connectivity index (χ4v) is 3.44. The Morgan fingerprint density at radius 3 is 2.85 bits per heavy atom. The van der Waals surface area contributed by atoms with Gasteiger partial charge in [-0.3, -0.25) is 4.79 Å². The third-order valence-corrected chi connectivity index (χ3v) is 4.52. The van der Waals surface area contributed by atoms with Gasteiger partial charge in [-0.05, 0) is 42.4 Å². The fraction of sp³-hybridized carbons (Fsp3) is 0.467. The lowest BCUT2D eigenvalue weighted by Crippen LogP contribution is -2.26. The summed E-state index contributed by atoms with van der Waals surface area (Å²) in [5.74, 6) is 2.25. The van der Waals surface area contributed by atoms with Gasteiger partial charge in [0.1, 0.15) is 5.82 Å². The molecule has 0 aliphatic carbocycles. The molecule has 20 heavy (non-hydrogen) atoms. The van der Waals surface area contributed by atoms with Crippen LogP contribution in [0.25, 0.3) is 0 Å². The van der Waals surface area contributed by atoms with Crippen molar-refractivity contribution in [3.05, 3.63) is 35.1 Å². The second-order valence-electron chi connectivity index (χ2n) is 4.95. The van der Waals surface area contributed by atoms with E-state index in [-0.39, 0.29) is 18.0 Å². The molecule has 0 radical (unpaired) electrons. The molecule has 1 N–H and O–H groups in total. The van der Waals surface area contributed by atoms with Crippen molar-refractivity contribution in [1.29, 1.82) is 5.26 Å². The summed E-state index contributed by atoms with van der Waals surface area (Å²) in [5, 5.41) is 11.4. The van der Waals surface area contributed by atoms with Crippen molar-refractivity contribution in [2.45, 2.75) is 25.8 Å². The van der Waals surface area contributed by atoms with Crippen molar-refractivity contribution in [2.24, 2.45) is 5.92 Å². The first-order valence-electron chi connectivity index (χ1n) is 6.72. The Bertz CT molecular complexity index is 521. The average Bonchev–Trinajstić information content (AvgIpc) is 2.47. The van der Waals surface area contributed by atoms with E-state index in [0.717, 1.165) is 24.3 Å². The molecule has 1 amide bonds. The van der Waals surface area contributed by atoms with Gasteiger partial charge in [-0.1, -0.05) is 6.07 Å². The van der Waals surface area contributed by atoms with Gasteiger partial charge in [-0.15, -0.1) is 0 Å². The third kappa shape index (κ3) is 4.24. The van der Waals surface area contributed by atoms with Crippen LogP contribution in [0.2, 0.25) is 0 Å². The number of amides is 1. The first-order chi connectivity index (χ1) is 9.69. The van der Waals surface area contributed by atoms with Gasteiger partial charge in [0.25, 0.3) is 0 Å². The molecule has 1 heterocycles. The van der Waals surface area contributed by atoms with Gasteiger partial charge in [0.15, 0.2) is 0 Å². The zero-order valence-electron chi connectivity index (χ0n) is 11.2. The highest BCUT2D eigenvalue weighted by atomic mass is 32.2. The quantitative estimate of drug-likeness (QED) is 0.928. The summed E-state index contributed by atoms with van der Waals surface area (Å²) in [4.78, 5) is 11.8. The monoisotopic (exact) mass is 292 g/mol. The number of carbonyl (C=O) groups is 1. The molecule has 1 aliphatic rings. The molecule has 1 saturated heterocycles. The molecule has 0 aromatic heterocycles. The van der Waals surface area contributed by atoms with Crippen molar-refractivity contribution < 1.29 is 9.18 Å². The summed E-state index contributed by atoms with van der Waals surface area (Å²) < 4.78 is 13.6. The largest absolute Gasteiger partial charge is 0.352 e. The highest BCUT2D eigenvalue weighted by Gasteiger charge is 2.17. The number of benzene rings is 1. The van der Waals surface area contributed by atoms with Crippen molar-refractivity contribution in [2.75, 3.05) is 11.5 Å². The summed E-state index contributed by atoms with van der Waals surface area (Å²) in [6, 6.07) is 6.18. The summed E-state index contributed by atoms with van der Waals surface area (Å²) in [5.41, 5.74) is 0.703. The first-order valence-corrected chi connectivity index (χ1v) is 7.87. The Labute approximate surface area is 122 Å². The molecule has 0 unspecified atom stereocenters. The highest BCUT2D eigenvalue weighted by Crippen LogP contribution is 2.25. The van der Waals surface area contributed by atoms with Crippen LogP contribution in [0, 0.1) is 23.1 Å². The van der Waals surface area contributed by atoms with Crippen LogP contribution in [0.15, 0.2) is 18.2 Å². The molecule has 1 aromatic carbocycles. The number of nitrogens with one attached hydrogen (secondary N) is 1. The molecular formula is C15H17FN2OS. The number of hydrogen-bond donors (Lipinski definition) is 1. The summed E-state index contributed by atoms with van der Waals surface area (Å²) >= 11 is 1.93. The van der Waals surface area contributed by atoms with Gasteiger partial charge in [0, 0.05) is 18.5 Å². The van der Waals surface area contributed by atoms with E-state index in [1.807, 2.05) is 17.8 Å². The first kappa shape index (κ1) is 14.9. The molecule has 5 heteroatoms. The minimum absolute atomic E-state index is 0.0225. The Hall–Kier alpha value is -1.54. The summed E-state index contributed by atoms with van der Waals surface area (Å²) in [6.07, 6.45) is 2.70. The molecule has 106 valence electrons. The Balaban J connectivity index is 1.82. The molecular weight excluding hydrogens is 275 g/mol. The number of thioether (sulfide) groups is 1. The van der Waals surface area contributed by atoms with Gasteiger partial charge in [0.2, 0.25) is 5.91 Å². The lowest BCUT2D eigenvalue weighted by atomic mass is 9.98. The maximum atomic E-state index is 13.6. The van der Waals surface area contributed by atoms with Crippen LogP contribution < -0.4 is 5.32 Å². The SMILES string of the molecule is N#Cc1ccc(CNC(=O)CC2CCSCC2)c(F)c1. The Morgan fingerprint density at radius 2 is 2.20 bits per heavy atom. The molecule has 1 aromatic rings. The van der Waals surface area contributed by atoms with Gasteiger partial charge in [-0.2, -0.15) is 17.0 Å². The van der Waals surface area contributed by atoms with E-state index in [0.29, 0.717) is 17.9 Å². The maximum Gasteiger partial charge on any atom is 0.220 e. The predicted molar refractivity (Wildman–Crippen MR) is 77.6 cm³/mol. The minimum atomic E-state index is -0.446. The van der Waals surface area contributed by atoms with Crippen LogP contribution in [0.1, 0.15) is 30.4 Å². The van der Waals surface area contributed by atoms with Crippen LogP contribution in [-0.2, 0) is 11.3 Å². The van der Waals surface area contributed by atoms with E-state index in [1.165, 1.54) is 6.07 Å². The van der Waals surface area contributed by atoms with Gasteiger partial charge in [-0.25, -0.2) is 4.39 Å². The van der Waals surface area contributed by atoms with Gasteiger partial charge in [0.05, 0.1) is 11.6 Å². The molecule has 1 aliphatic heterocycles. The fourth-order valence-electron chi connectivity index (χ4n) is 2.24. The summed E-state index contributed by atoms with van der Waals surface area (Å²) in [6.45, 7) is 0.178. The number of rotatable bonds is 4. The number of nitriles is 1. The highest BCUT2D eigenvalue weighted by molar-refractivity contribution is 7.99. The normalized spacial score (nSPS) is 15.6. The summed E-state index contributed by atoms with van der Waals surface area (Å²) in [7, 11) is 0. The molecule has 0 saturated carbocycles. The van der Waals surface area contributed by atoms with Crippen molar-refractivity contribution in [1.82, 2.24) is 5.32 Å². The molecule has 0 atom stereocenters. The lowest BCUT2D eigenvalue weighted by Gasteiger charge is -2.20. The van der Waals surface area contributed by atoms with E-state index >= 15 is 0 Å². The second-order valence-corrected chi connectivity index (χ2v) is 6.18. The van der Waals surface area contributed by atoms with Crippen LogP contribution in [0.5, 0.6) is 0 Å². The molecule has 0 bridgehead atoms. The topological polar surface area (TPSA) is 52.9 Å². The second kappa shape index (κ2) is 7.30.